The summed E-state index contributed by atoms with van der Waals surface area (Å²) in [5.74, 6) is -0.0886. The van der Waals surface area contributed by atoms with Gasteiger partial charge in [-0.1, -0.05) is 0 Å². The van der Waals surface area contributed by atoms with E-state index in [1.54, 1.807) is 18.5 Å². The minimum Gasteiger partial charge on any atom is -0.376 e. The number of nitrogens with one attached hydrogen (secondary N) is 1. The fraction of sp³-hybridized carbons (Fsp3) is 0.333. The predicted octanol–water partition coefficient (Wildman–Crippen LogP) is 1.78. The summed E-state index contributed by atoms with van der Waals surface area (Å²) in [7, 11) is 0. The molecular formula is C15H17N3O2. The third-order valence-electron chi connectivity index (χ3n) is 3.42. The van der Waals surface area contributed by atoms with Gasteiger partial charge < -0.3 is 14.6 Å². The Labute approximate surface area is 117 Å². The maximum absolute atomic E-state index is 12.2. The molecule has 104 valence electrons. The smallest absolute Gasteiger partial charge is 0.268 e. The molecule has 2 aromatic heterocycles. The molecule has 0 spiro atoms. The van der Waals surface area contributed by atoms with Gasteiger partial charge >= 0.3 is 0 Å². The van der Waals surface area contributed by atoms with Gasteiger partial charge in [0.25, 0.3) is 5.91 Å². The first-order valence-electron chi connectivity index (χ1n) is 6.82. The molecule has 3 rings (SSSR count). The Balaban J connectivity index is 1.70. The van der Waals surface area contributed by atoms with Crippen LogP contribution in [-0.4, -0.2) is 34.7 Å². The third kappa shape index (κ3) is 2.72. The fourth-order valence-corrected chi connectivity index (χ4v) is 2.39. The standard InChI is InChI=1S/C15H17N3O2/c19-15(17-11-13-5-3-9-20-13)14-6-2-8-18(14)12-4-1-7-16-10-12/h1-2,4,6-8,10,13H,3,5,9,11H2,(H,17,19)/t13-/m1/s1. The van der Waals surface area contributed by atoms with Crippen molar-refractivity contribution in [3.8, 4) is 5.69 Å². The van der Waals surface area contributed by atoms with Gasteiger partial charge in [-0.3, -0.25) is 9.78 Å². The van der Waals surface area contributed by atoms with Gasteiger partial charge in [0.15, 0.2) is 0 Å². The lowest BCUT2D eigenvalue weighted by atomic mass is 10.2. The highest BCUT2D eigenvalue weighted by molar-refractivity contribution is 5.93. The largest absolute Gasteiger partial charge is 0.376 e. The summed E-state index contributed by atoms with van der Waals surface area (Å²) in [6, 6.07) is 7.43. The van der Waals surface area contributed by atoms with Crippen LogP contribution in [0.2, 0.25) is 0 Å². The normalized spacial score (nSPS) is 18.1. The molecule has 0 bridgehead atoms. The van der Waals surface area contributed by atoms with E-state index < -0.39 is 0 Å². The molecule has 5 nitrogen and oxygen atoms in total. The highest BCUT2D eigenvalue weighted by Crippen LogP contribution is 2.13. The van der Waals surface area contributed by atoms with Crippen molar-refractivity contribution < 1.29 is 9.53 Å². The predicted molar refractivity (Wildman–Crippen MR) is 74.9 cm³/mol. The Morgan fingerprint density at radius 3 is 3.15 bits per heavy atom. The van der Waals surface area contributed by atoms with Crippen LogP contribution in [0.3, 0.4) is 0 Å². The number of carbonyl (C=O) groups is 1. The Bertz CT molecular complexity index is 574. The van der Waals surface area contributed by atoms with E-state index in [0.29, 0.717) is 12.2 Å². The average molecular weight is 271 g/mol. The quantitative estimate of drug-likeness (QED) is 0.922. The second-order valence-corrected chi connectivity index (χ2v) is 4.82. The van der Waals surface area contributed by atoms with Crippen molar-refractivity contribution >= 4 is 5.91 Å². The number of amides is 1. The molecule has 5 heteroatoms. The zero-order chi connectivity index (χ0) is 13.8. The Hall–Kier alpha value is -2.14. The average Bonchev–Trinajstić information content (AvgIpc) is 3.17. The SMILES string of the molecule is O=C(NC[C@H]1CCCO1)c1cccn1-c1cccnc1. The summed E-state index contributed by atoms with van der Waals surface area (Å²) in [4.78, 5) is 16.3. The van der Waals surface area contributed by atoms with Crippen molar-refractivity contribution in [1.82, 2.24) is 14.9 Å². The van der Waals surface area contributed by atoms with Crippen LogP contribution in [0.4, 0.5) is 0 Å². The zero-order valence-corrected chi connectivity index (χ0v) is 11.2. The van der Waals surface area contributed by atoms with Crippen molar-refractivity contribution in [2.24, 2.45) is 0 Å². The number of nitrogens with zero attached hydrogens (tertiary/aromatic N) is 2. The molecule has 1 saturated heterocycles. The summed E-state index contributed by atoms with van der Waals surface area (Å²) in [5, 5.41) is 2.93. The van der Waals surface area contributed by atoms with Crippen LogP contribution in [0.5, 0.6) is 0 Å². The van der Waals surface area contributed by atoms with Crippen LogP contribution >= 0.6 is 0 Å². The van der Waals surface area contributed by atoms with Crippen LogP contribution in [0.25, 0.3) is 5.69 Å². The van der Waals surface area contributed by atoms with Gasteiger partial charge in [-0.2, -0.15) is 0 Å². The van der Waals surface area contributed by atoms with Crippen LogP contribution < -0.4 is 5.32 Å². The van der Waals surface area contributed by atoms with Gasteiger partial charge in [0.05, 0.1) is 18.0 Å². The highest BCUT2D eigenvalue weighted by Gasteiger charge is 2.18. The summed E-state index contributed by atoms with van der Waals surface area (Å²) >= 11 is 0. The minimum absolute atomic E-state index is 0.0886. The lowest BCUT2D eigenvalue weighted by molar-refractivity contribution is 0.0852. The lowest BCUT2D eigenvalue weighted by Crippen LogP contribution is -2.32. The van der Waals surface area contributed by atoms with E-state index in [2.05, 4.69) is 10.3 Å². The number of ether oxygens (including phenoxy) is 1. The fourth-order valence-electron chi connectivity index (χ4n) is 2.39. The molecule has 0 saturated carbocycles. The molecule has 0 aromatic carbocycles. The molecule has 1 fully saturated rings. The molecular weight excluding hydrogens is 254 g/mol. The monoisotopic (exact) mass is 271 g/mol. The molecule has 2 aromatic rings. The van der Waals surface area contributed by atoms with Crippen LogP contribution in [0, 0.1) is 0 Å². The Morgan fingerprint density at radius 1 is 1.45 bits per heavy atom. The third-order valence-corrected chi connectivity index (χ3v) is 3.42. The van der Waals surface area contributed by atoms with E-state index in [4.69, 9.17) is 4.74 Å². The summed E-state index contributed by atoms with van der Waals surface area (Å²) in [6.45, 7) is 1.36. The lowest BCUT2D eigenvalue weighted by Gasteiger charge is -2.12. The molecule has 1 atom stereocenters. The molecule has 0 unspecified atom stereocenters. The molecule has 1 N–H and O–H groups in total. The molecule has 1 aliphatic rings. The van der Waals surface area contributed by atoms with Crippen LogP contribution in [-0.2, 0) is 4.74 Å². The molecule has 1 amide bonds. The van der Waals surface area contributed by atoms with E-state index in [1.807, 2.05) is 29.0 Å². The molecule has 0 aliphatic carbocycles. The first-order chi connectivity index (χ1) is 9.84. The van der Waals surface area contributed by atoms with E-state index in [9.17, 15) is 4.79 Å². The first-order valence-corrected chi connectivity index (χ1v) is 6.82. The number of hydrogen-bond acceptors (Lipinski definition) is 3. The van der Waals surface area contributed by atoms with Crippen molar-refractivity contribution in [1.29, 1.82) is 0 Å². The van der Waals surface area contributed by atoms with Gasteiger partial charge in [0, 0.05) is 25.5 Å². The van der Waals surface area contributed by atoms with Crippen molar-refractivity contribution in [2.45, 2.75) is 18.9 Å². The molecule has 20 heavy (non-hydrogen) atoms. The number of rotatable bonds is 4. The number of aromatic nitrogens is 2. The van der Waals surface area contributed by atoms with Gasteiger partial charge in [0.2, 0.25) is 0 Å². The van der Waals surface area contributed by atoms with Gasteiger partial charge in [-0.05, 0) is 37.1 Å². The number of pyridine rings is 1. The van der Waals surface area contributed by atoms with Crippen molar-refractivity contribution in [2.75, 3.05) is 13.2 Å². The van der Waals surface area contributed by atoms with Crippen molar-refractivity contribution in [3.05, 3.63) is 48.5 Å². The van der Waals surface area contributed by atoms with E-state index in [1.165, 1.54) is 0 Å². The highest BCUT2D eigenvalue weighted by atomic mass is 16.5. The topological polar surface area (TPSA) is 56.1 Å². The first kappa shape index (κ1) is 12.9. The number of carbonyl (C=O) groups excluding carboxylic acids is 1. The molecule has 3 heterocycles. The Kier molecular flexibility index (Phi) is 3.78. The Morgan fingerprint density at radius 2 is 2.40 bits per heavy atom. The van der Waals surface area contributed by atoms with E-state index >= 15 is 0 Å². The number of hydrogen-bond donors (Lipinski definition) is 1. The van der Waals surface area contributed by atoms with Gasteiger partial charge in [-0.25, -0.2) is 0 Å². The summed E-state index contributed by atoms with van der Waals surface area (Å²) < 4.78 is 7.34. The summed E-state index contributed by atoms with van der Waals surface area (Å²) in [6.07, 6.45) is 7.55. The molecule has 0 radical (unpaired) electrons. The maximum atomic E-state index is 12.2. The second kappa shape index (κ2) is 5.88. The second-order valence-electron chi connectivity index (χ2n) is 4.82. The van der Waals surface area contributed by atoms with Gasteiger partial charge in [0.1, 0.15) is 5.69 Å². The van der Waals surface area contributed by atoms with Crippen LogP contribution in [0.15, 0.2) is 42.9 Å². The van der Waals surface area contributed by atoms with E-state index in [-0.39, 0.29) is 12.0 Å². The van der Waals surface area contributed by atoms with Crippen molar-refractivity contribution in [3.63, 3.8) is 0 Å². The van der Waals surface area contributed by atoms with Gasteiger partial charge in [-0.15, -0.1) is 0 Å². The molecule has 1 aliphatic heterocycles. The van der Waals surface area contributed by atoms with Crippen LogP contribution in [0.1, 0.15) is 23.3 Å². The minimum atomic E-state index is -0.0886. The zero-order valence-electron chi connectivity index (χ0n) is 11.2. The maximum Gasteiger partial charge on any atom is 0.268 e. The summed E-state index contributed by atoms with van der Waals surface area (Å²) in [5.41, 5.74) is 1.48. The van der Waals surface area contributed by atoms with E-state index in [0.717, 1.165) is 25.1 Å².